The van der Waals surface area contributed by atoms with Crippen molar-refractivity contribution in [1.82, 2.24) is 15.2 Å². The van der Waals surface area contributed by atoms with Crippen molar-refractivity contribution in [1.29, 1.82) is 0 Å². The van der Waals surface area contributed by atoms with Crippen LogP contribution in [0.2, 0.25) is 0 Å². The first-order valence-electron chi connectivity index (χ1n) is 7.29. The molecule has 0 spiro atoms. The van der Waals surface area contributed by atoms with Gasteiger partial charge in [-0.15, -0.1) is 0 Å². The minimum absolute atomic E-state index is 0.0368. The number of aromatic nitrogens is 1. The summed E-state index contributed by atoms with van der Waals surface area (Å²) in [6.07, 6.45) is 2.75. The molecule has 0 atom stereocenters. The monoisotopic (exact) mass is 291 g/mol. The first kappa shape index (κ1) is 15.3. The highest BCUT2D eigenvalue weighted by Gasteiger charge is 2.28. The first-order valence-corrected chi connectivity index (χ1v) is 7.29. The molecular formula is C15H21N3O3. The molecule has 0 unspecified atom stereocenters. The zero-order valence-electron chi connectivity index (χ0n) is 12.4. The molecule has 2 amide bonds. The number of piperidine rings is 1. The summed E-state index contributed by atoms with van der Waals surface area (Å²) < 4.78 is 0. The molecule has 2 heterocycles. The molecule has 1 saturated heterocycles. The Morgan fingerprint density at radius 3 is 2.62 bits per heavy atom. The zero-order chi connectivity index (χ0) is 15.4. The van der Waals surface area contributed by atoms with Crippen LogP contribution in [0, 0.1) is 12.8 Å². The van der Waals surface area contributed by atoms with E-state index in [0.717, 1.165) is 5.69 Å². The second kappa shape index (κ2) is 6.56. The lowest BCUT2D eigenvalue weighted by atomic mass is 9.95. The number of aromatic amines is 1. The van der Waals surface area contributed by atoms with Crippen LogP contribution in [0.25, 0.3) is 0 Å². The molecule has 21 heavy (non-hydrogen) atoms. The number of nitrogens with zero attached hydrogens (tertiary/aromatic N) is 1. The topological polar surface area (TPSA) is 82.3 Å². The molecule has 6 nitrogen and oxygen atoms in total. The molecule has 0 radical (unpaired) electrons. The first-order chi connectivity index (χ1) is 10.0. The lowest BCUT2D eigenvalue weighted by molar-refractivity contribution is -0.126. The van der Waals surface area contributed by atoms with Gasteiger partial charge in [-0.25, -0.2) is 0 Å². The average molecular weight is 291 g/mol. The standard InChI is InChI=1S/C15H21N3O3/c1-3-16-14(20)11-4-6-18(7-5-11)15(21)12-9-17-10(2)8-13(12)19/h8-9,11H,3-7H2,1-2H3,(H,16,20)(H,17,19). The summed E-state index contributed by atoms with van der Waals surface area (Å²) in [5.41, 5.74) is 0.630. The van der Waals surface area contributed by atoms with Crippen molar-refractivity contribution < 1.29 is 9.59 Å². The molecule has 2 N–H and O–H groups in total. The SMILES string of the molecule is CCNC(=O)C1CCN(C(=O)c2c[nH]c(C)cc2=O)CC1. The Morgan fingerprint density at radius 2 is 2.05 bits per heavy atom. The van der Waals surface area contributed by atoms with Gasteiger partial charge in [-0.05, 0) is 26.7 Å². The van der Waals surface area contributed by atoms with Crippen molar-refractivity contribution in [3.05, 3.63) is 33.7 Å². The number of hydrogen-bond acceptors (Lipinski definition) is 3. The highest BCUT2D eigenvalue weighted by Crippen LogP contribution is 2.18. The summed E-state index contributed by atoms with van der Waals surface area (Å²) in [7, 11) is 0. The fraction of sp³-hybridized carbons (Fsp3) is 0.533. The molecule has 1 aliphatic rings. The van der Waals surface area contributed by atoms with Crippen molar-refractivity contribution in [2.45, 2.75) is 26.7 Å². The van der Waals surface area contributed by atoms with Gasteiger partial charge in [0.25, 0.3) is 5.91 Å². The summed E-state index contributed by atoms with van der Waals surface area (Å²) in [5, 5.41) is 2.81. The number of pyridine rings is 1. The largest absolute Gasteiger partial charge is 0.364 e. The molecule has 6 heteroatoms. The zero-order valence-corrected chi connectivity index (χ0v) is 12.4. The van der Waals surface area contributed by atoms with E-state index in [1.165, 1.54) is 12.3 Å². The minimum atomic E-state index is -0.262. The third-order valence-electron chi connectivity index (χ3n) is 3.79. The maximum atomic E-state index is 12.3. The van der Waals surface area contributed by atoms with Crippen LogP contribution in [-0.2, 0) is 4.79 Å². The molecule has 0 bridgehead atoms. The number of hydrogen-bond donors (Lipinski definition) is 2. The quantitative estimate of drug-likeness (QED) is 0.859. The van der Waals surface area contributed by atoms with Crippen LogP contribution in [0.15, 0.2) is 17.1 Å². The Balaban J connectivity index is 2.00. The summed E-state index contributed by atoms with van der Waals surface area (Å²) >= 11 is 0. The van der Waals surface area contributed by atoms with E-state index < -0.39 is 0 Å². The van der Waals surface area contributed by atoms with Gasteiger partial charge in [0.2, 0.25) is 5.91 Å². The number of aryl methyl sites for hydroxylation is 1. The Labute approximate surface area is 123 Å². The number of H-pyrrole nitrogens is 1. The van der Waals surface area contributed by atoms with Gasteiger partial charge in [0, 0.05) is 43.5 Å². The second-order valence-electron chi connectivity index (χ2n) is 5.36. The van der Waals surface area contributed by atoms with Crippen molar-refractivity contribution in [3.8, 4) is 0 Å². The van der Waals surface area contributed by atoms with Crippen LogP contribution >= 0.6 is 0 Å². The molecule has 1 aliphatic heterocycles. The van der Waals surface area contributed by atoms with Crippen molar-refractivity contribution >= 4 is 11.8 Å². The van der Waals surface area contributed by atoms with Gasteiger partial charge < -0.3 is 15.2 Å². The summed E-state index contributed by atoms with van der Waals surface area (Å²) in [6.45, 7) is 5.30. The van der Waals surface area contributed by atoms with E-state index in [1.807, 2.05) is 6.92 Å². The lowest BCUT2D eigenvalue weighted by Gasteiger charge is -2.31. The van der Waals surface area contributed by atoms with E-state index in [-0.39, 0.29) is 28.7 Å². The maximum Gasteiger partial charge on any atom is 0.259 e. The Hall–Kier alpha value is -2.11. The Kier molecular flexibility index (Phi) is 4.77. The molecule has 2 rings (SSSR count). The smallest absolute Gasteiger partial charge is 0.259 e. The van der Waals surface area contributed by atoms with Crippen LogP contribution in [0.3, 0.4) is 0 Å². The number of nitrogens with one attached hydrogen (secondary N) is 2. The van der Waals surface area contributed by atoms with E-state index in [1.54, 1.807) is 11.8 Å². The molecule has 1 aromatic heterocycles. The number of carbonyl (C=O) groups is 2. The number of likely N-dealkylation sites (tertiary alicyclic amines) is 1. The van der Waals surface area contributed by atoms with Crippen molar-refractivity contribution in [2.75, 3.05) is 19.6 Å². The predicted molar refractivity (Wildman–Crippen MR) is 79.1 cm³/mol. The Bertz CT molecular complexity index is 586. The average Bonchev–Trinajstić information content (AvgIpc) is 2.47. The van der Waals surface area contributed by atoms with Gasteiger partial charge in [0.05, 0.1) is 0 Å². The highest BCUT2D eigenvalue weighted by molar-refractivity contribution is 5.94. The summed E-state index contributed by atoms with van der Waals surface area (Å²) in [4.78, 5) is 40.5. The normalized spacial score (nSPS) is 15.8. The van der Waals surface area contributed by atoms with Crippen LogP contribution in [0.4, 0.5) is 0 Å². The molecule has 0 aromatic carbocycles. The number of amides is 2. The lowest BCUT2D eigenvalue weighted by Crippen LogP contribution is -2.44. The fourth-order valence-corrected chi connectivity index (χ4v) is 2.57. The fourth-order valence-electron chi connectivity index (χ4n) is 2.57. The van der Waals surface area contributed by atoms with Gasteiger partial charge in [0.15, 0.2) is 5.43 Å². The molecule has 0 saturated carbocycles. The van der Waals surface area contributed by atoms with Gasteiger partial charge in [-0.3, -0.25) is 14.4 Å². The predicted octanol–water partition coefficient (Wildman–Crippen LogP) is 0.672. The van der Waals surface area contributed by atoms with E-state index in [9.17, 15) is 14.4 Å². The summed E-state index contributed by atoms with van der Waals surface area (Å²) in [5.74, 6) is -0.242. The third-order valence-corrected chi connectivity index (χ3v) is 3.79. The Morgan fingerprint density at radius 1 is 1.38 bits per heavy atom. The van der Waals surface area contributed by atoms with Crippen LogP contribution in [0.5, 0.6) is 0 Å². The van der Waals surface area contributed by atoms with E-state index in [2.05, 4.69) is 10.3 Å². The van der Waals surface area contributed by atoms with Gasteiger partial charge in [-0.2, -0.15) is 0 Å². The summed E-state index contributed by atoms with van der Waals surface area (Å²) in [6, 6.07) is 1.43. The minimum Gasteiger partial charge on any atom is -0.364 e. The van der Waals surface area contributed by atoms with Crippen molar-refractivity contribution in [2.24, 2.45) is 5.92 Å². The molecule has 1 fully saturated rings. The van der Waals surface area contributed by atoms with Crippen LogP contribution in [-0.4, -0.2) is 41.3 Å². The molecular weight excluding hydrogens is 270 g/mol. The number of carbonyl (C=O) groups excluding carboxylic acids is 2. The molecule has 114 valence electrons. The van der Waals surface area contributed by atoms with Crippen LogP contribution < -0.4 is 10.7 Å². The van der Waals surface area contributed by atoms with Gasteiger partial charge >= 0.3 is 0 Å². The maximum absolute atomic E-state index is 12.3. The second-order valence-corrected chi connectivity index (χ2v) is 5.36. The van der Waals surface area contributed by atoms with Gasteiger partial charge in [-0.1, -0.05) is 0 Å². The third kappa shape index (κ3) is 3.51. The van der Waals surface area contributed by atoms with E-state index >= 15 is 0 Å². The molecule has 1 aromatic rings. The van der Waals surface area contributed by atoms with E-state index in [0.29, 0.717) is 32.5 Å². The number of rotatable bonds is 3. The molecule has 0 aliphatic carbocycles. The van der Waals surface area contributed by atoms with Crippen LogP contribution in [0.1, 0.15) is 35.8 Å². The highest BCUT2D eigenvalue weighted by atomic mass is 16.2. The van der Waals surface area contributed by atoms with Crippen molar-refractivity contribution in [3.63, 3.8) is 0 Å². The van der Waals surface area contributed by atoms with Gasteiger partial charge in [0.1, 0.15) is 5.56 Å². The van der Waals surface area contributed by atoms with E-state index in [4.69, 9.17) is 0 Å².